The largest absolute Gasteiger partial charge is 0.496 e. The van der Waals surface area contributed by atoms with Crippen molar-refractivity contribution >= 4 is 23.0 Å². The number of carboxylic acid groups (broad SMARTS) is 1. The number of carbonyl (C=O) groups is 1. The van der Waals surface area contributed by atoms with Gasteiger partial charge in [0, 0.05) is 11.6 Å². The Morgan fingerprint density at radius 3 is 2.34 bits per heavy atom. The highest BCUT2D eigenvalue weighted by Crippen LogP contribution is 2.49. The first-order chi connectivity index (χ1) is 18.3. The van der Waals surface area contributed by atoms with Crippen LogP contribution in [-0.2, 0) is 14.9 Å². The van der Waals surface area contributed by atoms with Gasteiger partial charge in [-0.3, -0.25) is 4.79 Å². The van der Waals surface area contributed by atoms with Crippen molar-refractivity contribution in [3.05, 3.63) is 95.1 Å². The number of ether oxygens (including phenoxy) is 2. The van der Waals surface area contributed by atoms with Crippen LogP contribution in [0.2, 0.25) is 0 Å². The Morgan fingerprint density at radius 2 is 1.71 bits per heavy atom. The van der Waals surface area contributed by atoms with Crippen molar-refractivity contribution in [3.63, 3.8) is 0 Å². The van der Waals surface area contributed by atoms with Crippen molar-refractivity contribution < 1.29 is 28.9 Å². The molecule has 1 heterocycles. The van der Waals surface area contributed by atoms with E-state index in [-0.39, 0.29) is 6.10 Å². The molecule has 8 heteroatoms. The smallest absolute Gasteiger partial charge is 0.314 e. The molecule has 5 rings (SSSR count). The minimum atomic E-state index is -1.35. The van der Waals surface area contributed by atoms with Gasteiger partial charge in [0.15, 0.2) is 5.13 Å². The lowest BCUT2D eigenvalue weighted by Crippen LogP contribution is -2.24. The highest BCUT2D eigenvalue weighted by Gasteiger charge is 2.51. The number of anilines is 1. The fourth-order valence-electron chi connectivity index (χ4n) is 4.64. The van der Waals surface area contributed by atoms with E-state index >= 15 is 0 Å². The molecule has 1 aliphatic rings. The van der Waals surface area contributed by atoms with Crippen LogP contribution in [0.4, 0.5) is 10.1 Å². The topological polar surface area (TPSA) is 88.0 Å². The molecule has 1 aromatic heterocycles. The Labute approximate surface area is 224 Å². The van der Waals surface area contributed by atoms with Gasteiger partial charge in [-0.2, -0.15) is 4.39 Å². The Hall–Kier alpha value is -3.72. The quantitative estimate of drug-likeness (QED) is 0.194. The molecule has 196 valence electrons. The van der Waals surface area contributed by atoms with Crippen molar-refractivity contribution in [2.24, 2.45) is 0 Å². The zero-order valence-corrected chi connectivity index (χ0v) is 21.8. The van der Waals surface area contributed by atoms with Gasteiger partial charge in [0.2, 0.25) is 6.41 Å². The van der Waals surface area contributed by atoms with E-state index in [1.54, 1.807) is 7.11 Å². The summed E-state index contributed by atoms with van der Waals surface area (Å²) in [4.78, 5) is 12.2. The van der Waals surface area contributed by atoms with Gasteiger partial charge in [-0.15, -0.1) is 11.3 Å². The van der Waals surface area contributed by atoms with Crippen LogP contribution < -0.4 is 10.1 Å². The molecule has 2 atom stereocenters. The van der Waals surface area contributed by atoms with Crippen molar-refractivity contribution in [2.45, 2.75) is 37.7 Å². The van der Waals surface area contributed by atoms with Gasteiger partial charge < -0.3 is 25.0 Å². The molecule has 6 nitrogen and oxygen atoms in total. The van der Waals surface area contributed by atoms with Crippen LogP contribution in [0.25, 0.3) is 21.6 Å². The van der Waals surface area contributed by atoms with Crippen LogP contribution in [0.5, 0.6) is 5.75 Å². The summed E-state index contributed by atoms with van der Waals surface area (Å²) < 4.78 is 25.7. The zero-order valence-electron chi connectivity index (χ0n) is 21.0. The van der Waals surface area contributed by atoms with Gasteiger partial charge in [-0.1, -0.05) is 66.7 Å². The predicted molar refractivity (Wildman–Crippen MR) is 146 cm³/mol. The summed E-state index contributed by atoms with van der Waals surface area (Å²) in [5.74, 6) is -0.200. The molecule has 0 aliphatic heterocycles. The molecule has 0 saturated heterocycles. The molecule has 0 radical (unpaired) electrons. The molecule has 4 aromatic rings. The molecule has 1 unspecified atom stereocenters. The fourth-order valence-corrected chi connectivity index (χ4v) is 5.48. The fraction of sp³-hybridized carbons (Fsp3) is 0.233. The number of rotatable bonds is 10. The Kier molecular flexibility index (Phi) is 7.21. The van der Waals surface area contributed by atoms with Gasteiger partial charge >= 0.3 is 5.97 Å². The lowest BCUT2D eigenvalue weighted by molar-refractivity contribution is -0.140. The molecule has 38 heavy (non-hydrogen) atoms. The van der Waals surface area contributed by atoms with Crippen LogP contribution in [-0.4, -0.2) is 29.7 Å². The number of hydrogen-bond acceptors (Lipinski definition) is 6. The molecule has 3 N–H and O–H groups in total. The average molecular weight is 534 g/mol. The Bertz CT molecular complexity index is 1430. The number of thiophene rings is 1. The number of aliphatic carboxylic acids is 1. The Balaban J connectivity index is 1.36. The monoisotopic (exact) mass is 533 g/mol. The van der Waals surface area contributed by atoms with Crippen LogP contribution in [0, 0.1) is 5.13 Å². The van der Waals surface area contributed by atoms with Gasteiger partial charge in [0.25, 0.3) is 0 Å². The second-order valence-electron chi connectivity index (χ2n) is 9.36. The minimum Gasteiger partial charge on any atom is -0.496 e. The standard InChI is InChI=1S/C30H28FNO5S/c1-18(19-6-4-3-5-7-19)37-29(35)32-24-17-26(31)38-27(24)21-10-13-23(25(16-21)36-2)20-8-11-22(12-9-20)30(14-15-30)28(33)34/h3-13,16-18,29,32,35H,14-15H2,1-2H3,(H,33,34)/t18-,29?/m1/s1. The van der Waals surface area contributed by atoms with E-state index in [4.69, 9.17) is 9.47 Å². The molecule has 0 amide bonds. The van der Waals surface area contributed by atoms with E-state index in [9.17, 15) is 19.4 Å². The van der Waals surface area contributed by atoms with E-state index in [0.29, 0.717) is 34.7 Å². The van der Waals surface area contributed by atoms with Gasteiger partial charge in [-0.25, -0.2) is 0 Å². The predicted octanol–water partition coefficient (Wildman–Crippen LogP) is 6.81. The van der Waals surface area contributed by atoms with Crippen LogP contribution in [0.1, 0.15) is 37.0 Å². The molecule has 1 saturated carbocycles. The number of hydrogen-bond donors (Lipinski definition) is 3. The minimum absolute atomic E-state index is 0.373. The number of halogens is 1. The maximum absolute atomic E-state index is 14.4. The SMILES string of the molecule is COc1cc(-c2sc(F)cc2NC(O)O[C@H](C)c2ccccc2)ccc1-c1ccc(C2(C(=O)O)CC2)cc1. The number of carboxylic acids is 1. The number of aliphatic hydroxyl groups excluding tert-OH is 1. The number of aliphatic hydroxyl groups is 1. The van der Waals surface area contributed by atoms with Crippen LogP contribution >= 0.6 is 11.3 Å². The van der Waals surface area contributed by atoms with Gasteiger partial charge in [-0.05, 0) is 48.1 Å². The number of nitrogens with one attached hydrogen (secondary N) is 1. The molecule has 1 fully saturated rings. The number of methoxy groups -OCH3 is 1. The maximum atomic E-state index is 14.4. The van der Waals surface area contributed by atoms with E-state index in [1.807, 2.05) is 79.7 Å². The van der Waals surface area contributed by atoms with Crippen molar-refractivity contribution in [1.82, 2.24) is 0 Å². The van der Waals surface area contributed by atoms with Crippen molar-refractivity contribution in [1.29, 1.82) is 0 Å². The maximum Gasteiger partial charge on any atom is 0.314 e. The summed E-state index contributed by atoms with van der Waals surface area (Å²) in [5, 5.41) is 22.5. The summed E-state index contributed by atoms with van der Waals surface area (Å²) >= 11 is 0.953. The summed E-state index contributed by atoms with van der Waals surface area (Å²) in [6.45, 7) is 1.83. The van der Waals surface area contributed by atoms with Gasteiger partial charge in [0.05, 0.1) is 29.2 Å². The summed E-state index contributed by atoms with van der Waals surface area (Å²) in [5.41, 5.74) is 3.78. The second kappa shape index (κ2) is 10.6. The molecule has 0 bridgehead atoms. The third-order valence-electron chi connectivity index (χ3n) is 6.95. The molecule has 3 aromatic carbocycles. The van der Waals surface area contributed by atoms with E-state index in [0.717, 1.165) is 33.6 Å². The third kappa shape index (κ3) is 5.15. The van der Waals surface area contributed by atoms with E-state index in [1.165, 1.54) is 6.07 Å². The average Bonchev–Trinajstić information content (AvgIpc) is 3.67. The van der Waals surface area contributed by atoms with Crippen molar-refractivity contribution in [2.75, 3.05) is 12.4 Å². The normalized spacial score (nSPS) is 15.5. The van der Waals surface area contributed by atoms with Crippen molar-refractivity contribution in [3.8, 4) is 27.3 Å². The second-order valence-corrected chi connectivity index (χ2v) is 10.4. The number of benzene rings is 3. The first kappa shape index (κ1) is 25.9. The van der Waals surface area contributed by atoms with E-state index in [2.05, 4.69) is 5.32 Å². The van der Waals surface area contributed by atoms with Crippen LogP contribution in [0.15, 0.2) is 78.9 Å². The molecular formula is C30H28FNO5S. The highest BCUT2D eigenvalue weighted by molar-refractivity contribution is 7.14. The molecule has 0 spiro atoms. The highest BCUT2D eigenvalue weighted by atomic mass is 32.1. The first-order valence-corrected chi connectivity index (χ1v) is 13.1. The van der Waals surface area contributed by atoms with E-state index < -0.39 is 22.9 Å². The lowest BCUT2D eigenvalue weighted by atomic mass is 9.93. The molecule has 1 aliphatic carbocycles. The van der Waals surface area contributed by atoms with Crippen LogP contribution in [0.3, 0.4) is 0 Å². The summed E-state index contributed by atoms with van der Waals surface area (Å²) in [6, 6.07) is 23.9. The summed E-state index contributed by atoms with van der Waals surface area (Å²) in [7, 11) is 1.57. The first-order valence-electron chi connectivity index (χ1n) is 12.3. The Morgan fingerprint density at radius 1 is 1.03 bits per heavy atom. The van der Waals surface area contributed by atoms with Gasteiger partial charge in [0.1, 0.15) is 5.75 Å². The zero-order chi connectivity index (χ0) is 26.9. The third-order valence-corrected chi connectivity index (χ3v) is 7.93. The molecular weight excluding hydrogens is 505 g/mol. The lowest BCUT2D eigenvalue weighted by Gasteiger charge is -2.20. The summed E-state index contributed by atoms with van der Waals surface area (Å²) in [6.07, 6.45) is -0.420.